The van der Waals surface area contributed by atoms with E-state index in [0.29, 0.717) is 39.4 Å². The Morgan fingerprint density at radius 2 is 1.70 bits per heavy atom. The van der Waals surface area contributed by atoms with E-state index in [1.54, 1.807) is 50.9 Å². The summed E-state index contributed by atoms with van der Waals surface area (Å²) in [6, 6.07) is 12.8. The lowest BCUT2D eigenvalue weighted by Gasteiger charge is -2.15. The van der Waals surface area contributed by atoms with E-state index in [0.717, 1.165) is 22.7 Å². The number of benzene rings is 2. The molecule has 2 aromatic carbocycles. The van der Waals surface area contributed by atoms with Crippen molar-refractivity contribution in [3.63, 3.8) is 0 Å². The van der Waals surface area contributed by atoms with Gasteiger partial charge in [0.25, 0.3) is 0 Å². The summed E-state index contributed by atoms with van der Waals surface area (Å²) in [6.45, 7) is 2.16. The number of thiazole rings is 1. The smallest absolute Gasteiger partial charge is 0.339 e. The minimum atomic E-state index is -0.437. The number of ether oxygens (including phenoxy) is 4. The van der Waals surface area contributed by atoms with Gasteiger partial charge in [-0.3, -0.25) is 0 Å². The number of aryl methyl sites for hydroxylation is 1. The van der Waals surface area contributed by atoms with Gasteiger partial charge in [0.15, 0.2) is 11.5 Å². The van der Waals surface area contributed by atoms with Crippen molar-refractivity contribution in [1.29, 1.82) is 0 Å². The molecule has 8 heteroatoms. The number of hydrogen-bond donors (Lipinski definition) is 0. The van der Waals surface area contributed by atoms with Gasteiger partial charge in [0.1, 0.15) is 6.61 Å². The van der Waals surface area contributed by atoms with Crippen LogP contribution in [0.5, 0.6) is 17.2 Å². The number of fused-ring (bicyclic) bond motifs is 1. The van der Waals surface area contributed by atoms with Gasteiger partial charge in [-0.1, -0.05) is 25.1 Å². The topological polar surface area (TPSA) is 79.8 Å². The third kappa shape index (κ3) is 4.61. The standard InChI is InChI=1S/C25H24N2O5S/c1-5-23-26-16(14-33-23)13-32-25(28)18-12-20(27-19-9-7-6-8-17(18)19)15-10-21(29-2)24(31-4)22(11-15)30-3/h6-12,14H,5,13H2,1-4H3. The summed E-state index contributed by atoms with van der Waals surface area (Å²) in [5.74, 6) is 1.05. The maximum atomic E-state index is 13.1. The second-order valence-electron chi connectivity index (χ2n) is 7.15. The molecule has 0 aliphatic heterocycles. The number of nitrogens with zero attached hydrogens (tertiary/aromatic N) is 2. The molecule has 2 aromatic heterocycles. The molecule has 0 aliphatic rings. The fraction of sp³-hybridized carbons (Fsp3) is 0.240. The Bertz CT molecular complexity index is 1280. The summed E-state index contributed by atoms with van der Waals surface area (Å²) in [6.07, 6.45) is 0.853. The molecule has 0 unspecified atom stereocenters. The molecule has 170 valence electrons. The van der Waals surface area contributed by atoms with E-state index in [1.165, 1.54) is 0 Å². The number of pyridine rings is 1. The summed E-state index contributed by atoms with van der Waals surface area (Å²) in [5.41, 5.74) is 3.15. The molecular weight excluding hydrogens is 440 g/mol. The molecule has 0 spiro atoms. The Morgan fingerprint density at radius 1 is 0.970 bits per heavy atom. The van der Waals surface area contributed by atoms with Crippen molar-refractivity contribution in [3.8, 4) is 28.5 Å². The Balaban J connectivity index is 1.75. The zero-order chi connectivity index (χ0) is 23.4. The molecule has 0 fully saturated rings. The molecule has 4 aromatic rings. The number of carbonyl (C=O) groups is 1. The van der Waals surface area contributed by atoms with Crippen molar-refractivity contribution in [1.82, 2.24) is 9.97 Å². The number of carbonyl (C=O) groups excluding carboxylic acids is 1. The molecule has 0 N–H and O–H groups in total. The molecule has 7 nitrogen and oxygen atoms in total. The summed E-state index contributed by atoms with van der Waals surface area (Å²) in [5, 5.41) is 3.64. The van der Waals surface area contributed by atoms with Crippen LogP contribution in [0.4, 0.5) is 0 Å². The summed E-state index contributed by atoms with van der Waals surface area (Å²) in [7, 11) is 4.66. The SMILES string of the molecule is CCc1nc(COC(=O)c2cc(-c3cc(OC)c(OC)c(OC)c3)nc3ccccc23)cs1. The predicted octanol–water partition coefficient (Wildman–Crippen LogP) is 5.30. The zero-order valence-electron chi connectivity index (χ0n) is 18.9. The maximum Gasteiger partial charge on any atom is 0.339 e. The second kappa shape index (κ2) is 9.87. The average Bonchev–Trinajstić information content (AvgIpc) is 3.33. The first kappa shape index (κ1) is 22.5. The highest BCUT2D eigenvalue weighted by molar-refractivity contribution is 7.09. The van der Waals surface area contributed by atoms with E-state index in [2.05, 4.69) is 4.98 Å². The quantitative estimate of drug-likeness (QED) is 0.327. The van der Waals surface area contributed by atoms with Crippen LogP contribution in [0.25, 0.3) is 22.2 Å². The van der Waals surface area contributed by atoms with Crippen LogP contribution in [-0.4, -0.2) is 37.3 Å². The molecule has 2 heterocycles. The van der Waals surface area contributed by atoms with Crippen LogP contribution in [0.15, 0.2) is 47.8 Å². The summed E-state index contributed by atoms with van der Waals surface area (Å²) in [4.78, 5) is 22.3. The van der Waals surface area contributed by atoms with E-state index in [9.17, 15) is 4.79 Å². The van der Waals surface area contributed by atoms with Crippen molar-refractivity contribution in [2.45, 2.75) is 20.0 Å². The fourth-order valence-corrected chi connectivity index (χ4v) is 4.25. The lowest BCUT2D eigenvalue weighted by molar-refractivity contribution is 0.0470. The highest BCUT2D eigenvalue weighted by Crippen LogP contribution is 2.41. The van der Waals surface area contributed by atoms with Crippen LogP contribution in [0.1, 0.15) is 28.0 Å². The molecule has 0 atom stereocenters. The van der Waals surface area contributed by atoms with E-state index < -0.39 is 5.97 Å². The Kier molecular flexibility index (Phi) is 6.74. The number of esters is 1. The van der Waals surface area contributed by atoms with Crippen molar-refractivity contribution < 1.29 is 23.7 Å². The summed E-state index contributed by atoms with van der Waals surface area (Å²) < 4.78 is 22.0. The van der Waals surface area contributed by atoms with Crippen molar-refractivity contribution in [2.75, 3.05) is 21.3 Å². The highest BCUT2D eigenvalue weighted by atomic mass is 32.1. The third-order valence-corrected chi connectivity index (χ3v) is 6.19. The average molecular weight is 465 g/mol. The second-order valence-corrected chi connectivity index (χ2v) is 8.09. The van der Waals surface area contributed by atoms with Crippen LogP contribution in [-0.2, 0) is 17.8 Å². The van der Waals surface area contributed by atoms with Crippen LogP contribution < -0.4 is 14.2 Å². The van der Waals surface area contributed by atoms with Gasteiger partial charge < -0.3 is 18.9 Å². The van der Waals surface area contributed by atoms with Gasteiger partial charge in [-0.2, -0.15) is 0 Å². The monoisotopic (exact) mass is 464 g/mol. The van der Waals surface area contributed by atoms with Crippen LogP contribution in [0, 0.1) is 0 Å². The van der Waals surface area contributed by atoms with Gasteiger partial charge in [0.2, 0.25) is 5.75 Å². The lowest BCUT2D eigenvalue weighted by atomic mass is 10.0. The van der Waals surface area contributed by atoms with Gasteiger partial charge in [-0.25, -0.2) is 14.8 Å². The molecular formula is C25H24N2O5S. The zero-order valence-corrected chi connectivity index (χ0v) is 19.7. The van der Waals surface area contributed by atoms with E-state index in [4.69, 9.17) is 23.9 Å². The first-order valence-corrected chi connectivity index (χ1v) is 11.3. The molecule has 33 heavy (non-hydrogen) atoms. The summed E-state index contributed by atoms with van der Waals surface area (Å²) >= 11 is 1.56. The van der Waals surface area contributed by atoms with E-state index in [1.807, 2.05) is 36.6 Å². The van der Waals surface area contributed by atoms with Crippen LogP contribution >= 0.6 is 11.3 Å². The molecule has 0 saturated heterocycles. The third-order valence-electron chi connectivity index (χ3n) is 5.15. The molecule has 0 aliphatic carbocycles. The molecule has 0 bridgehead atoms. The van der Waals surface area contributed by atoms with Crippen LogP contribution in [0.2, 0.25) is 0 Å². The van der Waals surface area contributed by atoms with Gasteiger partial charge in [0, 0.05) is 16.3 Å². The van der Waals surface area contributed by atoms with Gasteiger partial charge in [-0.15, -0.1) is 11.3 Å². The van der Waals surface area contributed by atoms with E-state index in [-0.39, 0.29) is 6.61 Å². The Labute approximate surface area is 195 Å². The highest BCUT2D eigenvalue weighted by Gasteiger charge is 2.19. The number of rotatable bonds is 8. The van der Waals surface area contributed by atoms with Crippen molar-refractivity contribution in [2.24, 2.45) is 0 Å². The minimum absolute atomic E-state index is 0.117. The maximum absolute atomic E-state index is 13.1. The molecule has 0 saturated carbocycles. The first-order chi connectivity index (χ1) is 16.1. The minimum Gasteiger partial charge on any atom is -0.493 e. The first-order valence-electron chi connectivity index (χ1n) is 10.4. The van der Waals surface area contributed by atoms with Gasteiger partial charge in [0.05, 0.1) is 48.8 Å². The predicted molar refractivity (Wildman–Crippen MR) is 127 cm³/mol. The largest absolute Gasteiger partial charge is 0.493 e. The van der Waals surface area contributed by atoms with Gasteiger partial charge in [-0.05, 0) is 30.7 Å². The lowest BCUT2D eigenvalue weighted by Crippen LogP contribution is -2.07. The number of hydrogen-bond acceptors (Lipinski definition) is 8. The Morgan fingerprint density at radius 3 is 2.33 bits per heavy atom. The van der Waals surface area contributed by atoms with Crippen molar-refractivity contribution in [3.05, 3.63) is 64.1 Å². The number of aromatic nitrogens is 2. The molecule has 4 rings (SSSR count). The van der Waals surface area contributed by atoms with Crippen molar-refractivity contribution >= 4 is 28.2 Å². The normalized spacial score (nSPS) is 10.8. The van der Waals surface area contributed by atoms with Gasteiger partial charge >= 0.3 is 5.97 Å². The van der Waals surface area contributed by atoms with E-state index >= 15 is 0 Å². The fourth-order valence-electron chi connectivity index (χ4n) is 3.52. The number of methoxy groups -OCH3 is 3. The molecule has 0 radical (unpaired) electrons. The molecule has 0 amide bonds. The van der Waals surface area contributed by atoms with Crippen LogP contribution in [0.3, 0.4) is 0 Å². The number of para-hydroxylation sites is 1. The Hall–Kier alpha value is -3.65.